The highest BCUT2D eigenvalue weighted by atomic mass is 35.5. The van der Waals surface area contributed by atoms with Gasteiger partial charge in [0.2, 0.25) is 0 Å². The minimum Gasteiger partial charge on any atom is -0.489 e. The summed E-state index contributed by atoms with van der Waals surface area (Å²) in [6.07, 6.45) is -1.25. The normalized spacial score (nSPS) is 11.8. The zero-order valence-electron chi connectivity index (χ0n) is 11.9. The number of aliphatic hydroxyl groups excluding tert-OH is 1. The lowest BCUT2D eigenvalue weighted by molar-refractivity contribution is 0.229. The van der Waals surface area contributed by atoms with E-state index in [0.29, 0.717) is 16.1 Å². The van der Waals surface area contributed by atoms with E-state index in [9.17, 15) is 5.11 Å². The number of nitriles is 1. The predicted molar refractivity (Wildman–Crippen MR) is 82.3 cm³/mol. The van der Waals surface area contributed by atoms with Crippen molar-refractivity contribution in [3.05, 3.63) is 63.7 Å². The molecule has 1 unspecified atom stereocenters. The van der Waals surface area contributed by atoms with E-state index in [2.05, 4.69) is 0 Å². The van der Waals surface area contributed by atoms with Gasteiger partial charge in [-0.05, 0) is 42.7 Å². The van der Waals surface area contributed by atoms with Crippen molar-refractivity contribution in [3.63, 3.8) is 0 Å². The van der Waals surface area contributed by atoms with E-state index in [1.165, 1.54) is 0 Å². The van der Waals surface area contributed by atoms with Gasteiger partial charge >= 0.3 is 0 Å². The Hall–Kier alpha value is -2.02. The van der Waals surface area contributed by atoms with Gasteiger partial charge in [-0.2, -0.15) is 5.26 Å². The van der Waals surface area contributed by atoms with Gasteiger partial charge in [0.1, 0.15) is 12.4 Å². The smallest absolute Gasteiger partial charge is 0.167 e. The van der Waals surface area contributed by atoms with Crippen LogP contribution in [0.3, 0.4) is 0 Å². The molecule has 3 nitrogen and oxygen atoms in total. The van der Waals surface area contributed by atoms with Gasteiger partial charge in [0.25, 0.3) is 0 Å². The third kappa shape index (κ3) is 3.55. The molecule has 0 bridgehead atoms. The molecule has 0 heterocycles. The molecule has 0 saturated carbocycles. The lowest BCUT2D eigenvalue weighted by Crippen LogP contribution is -2.05. The summed E-state index contributed by atoms with van der Waals surface area (Å²) in [5, 5.41) is 19.1. The molecule has 0 aliphatic rings. The second-order valence-electron chi connectivity index (χ2n) is 4.90. The molecule has 0 radical (unpaired) electrons. The summed E-state index contributed by atoms with van der Waals surface area (Å²) in [5.41, 5.74) is 3.26. The van der Waals surface area contributed by atoms with Crippen molar-refractivity contribution in [3.8, 4) is 11.8 Å². The van der Waals surface area contributed by atoms with Crippen LogP contribution in [0.4, 0.5) is 0 Å². The SMILES string of the molecule is Cc1ccc(C)c(OCc2cccc(Cl)c2C(O)C#N)c1. The van der Waals surface area contributed by atoms with Crippen LogP contribution in [0.2, 0.25) is 5.02 Å². The van der Waals surface area contributed by atoms with Crippen LogP contribution in [0.15, 0.2) is 36.4 Å². The number of aliphatic hydroxyl groups is 1. The van der Waals surface area contributed by atoms with Crippen LogP contribution in [0.5, 0.6) is 5.75 Å². The summed E-state index contributed by atoms with van der Waals surface area (Å²) in [4.78, 5) is 0. The van der Waals surface area contributed by atoms with Crippen LogP contribution in [-0.4, -0.2) is 5.11 Å². The Morgan fingerprint density at radius 2 is 2.05 bits per heavy atom. The number of benzene rings is 2. The lowest BCUT2D eigenvalue weighted by Gasteiger charge is -2.15. The molecule has 1 N–H and O–H groups in total. The minimum absolute atomic E-state index is 0.249. The fraction of sp³-hybridized carbons (Fsp3) is 0.235. The fourth-order valence-corrected chi connectivity index (χ4v) is 2.39. The first-order valence-electron chi connectivity index (χ1n) is 6.58. The zero-order chi connectivity index (χ0) is 15.4. The quantitative estimate of drug-likeness (QED) is 0.865. The third-order valence-corrected chi connectivity index (χ3v) is 3.60. The number of rotatable bonds is 4. The topological polar surface area (TPSA) is 53.2 Å². The summed E-state index contributed by atoms with van der Waals surface area (Å²) >= 11 is 6.07. The zero-order valence-corrected chi connectivity index (χ0v) is 12.7. The first-order chi connectivity index (χ1) is 10.0. The van der Waals surface area contributed by atoms with Crippen molar-refractivity contribution in [2.45, 2.75) is 26.6 Å². The molecular weight excluding hydrogens is 286 g/mol. The minimum atomic E-state index is -1.25. The van der Waals surface area contributed by atoms with Crippen molar-refractivity contribution in [1.82, 2.24) is 0 Å². The Morgan fingerprint density at radius 3 is 2.76 bits per heavy atom. The second kappa shape index (κ2) is 6.62. The monoisotopic (exact) mass is 301 g/mol. The van der Waals surface area contributed by atoms with Gasteiger partial charge in [-0.25, -0.2) is 0 Å². The van der Waals surface area contributed by atoms with Crippen LogP contribution in [0.25, 0.3) is 0 Å². The highest BCUT2D eigenvalue weighted by Gasteiger charge is 2.16. The molecule has 0 aromatic heterocycles. The Labute approximate surface area is 129 Å². The standard InChI is InChI=1S/C17H16ClNO2/c1-11-6-7-12(2)16(8-11)21-10-13-4-3-5-14(18)17(13)15(20)9-19/h3-8,15,20H,10H2,1-2H3. The summed E-state index contributed by atoms with van der Waals surface area (Å²) in [5.74, 6) is 0.785. The summed E-state index contributed by atoms with van der Waals surface area (Å²) in [6, 6.07) is 13.0. The van der Waals surface area contributed by atoms with E-state index in [1.54, 1.807) is 24.3 Å². The summed E-state index contributed by atoms with van der Waals surface area (Å²) < 4.78 is 5.81. The first kappa shape index (κ1) is 15.4. The Kier molecular flexibility index (Phi) is 4.85. The van der Waals surface area contributed by atoms with Gasteiger partial charge in [-0.1, -0.05) is 35.9 Å². The van der Waals surface area contributed by atoms with Crippen LogP contribution in [0, 0.1) is 25.2 Å². The molecule has 2 rings (SSSR count). The molecule has 108 valence electrons. The van der Waals surface area contributed by atoms with Crippen molar-refractivity contribution in [2.75, 3.05) is 0 Å². The average molecular weight is 302 g/mol. The highest BCUT2D eigenvalue weighted by molar-refractivity contribution is 6.31. The number of nitrogens with zero attached hydrogens (tertiary/aromatic N) is 1. The van der Waals surface area contributed by atoms with Crippen molar-refractivity contribution in [2.24, 2.45) is 0 Å². The van der Waals surface area contributed by atoms with Crippen LogP contribution < -0.4 is 4.74 Å². The molecule has 1 atom stereocenters. The molecule has 21 heavy (non-hydrogen) atoms. The molecule has 0 saturated heterocycles. The molecule has 0 spiro atoms. The van der Waals surface area contributed by atoms with Gasteiger partial charge in [-0.15, -0.1) is 0 Å². The first-order valence-corrected chi connectivity index (χ1v) is 6.95. The van der Waals surface area contributed by atoms with Gasteiger partial charge < -0.3 is 9.84 Å². The maximum atomic E-state index is 9.79. The maximum Gasteiger partial charge on any atom is 0.167 e. The Morgan fingerprint density at radius 1 is 1.29 bits per heavy atom. The van der Waals surface area contributed by atoms with E-state index in [-0.39, 0.29) is 6.61 Å². The number of hydrogen-bond donors (Lipinski definition) is 1. The van der Waals surface area contributed by atoms with Crippen LogP contribution in [0.1, 0.15) is 28.4 Å². The lowest BCUT2D eigenvalue weighted by atomic mass is 10.0. The number of aryl methyl sites for hydroxylation is 2. The summed E-state index contributed by atoms with van der Waals surface area (Å²) in [6.45, 7) is 4.22. The average Bonchev–Trinajstić information content (AvgIpc) is 2.47. The van der Waals surface area contributed by atoms with Gasteiger partial charge in [-0.3, -0.25) is 0 Å². The van der Waals surface area contributed by atoms with Crippen LogP contribution >= 0.6 is 11.6 Å². The maximum absolute atomic E-state index is 9.79. The van der Waals surface area contributed by atoms with E-state index in [1.807, 2.05) is 32.0 Å². The van der Waals surface area contributed by atoms with Gasteiger partial charge in [0.05, 0.1) is 6.07 Å². The van der Waals surface area contributed by atoms with Crippen molar-refractivity contribution in [1.29, 1.82) is 5.26 Å². The molecule has 2 aromatic rings. The molecule has 4 heteroatoms. The second-order valence-corrected chi connectivity index (χ2v) is 5.31. The molecule has 0 fully saturated rings. The van der Waals surface area contributed by atoms with Crippen molar-refractivity contribution >= 4 is 11.6 Å². The number of hydrogen-bond acceptors (Lipinski definition) is 3. The summed E-state index contributed by atoms with van der Waals surface area (Å²) in [7, 11) is 0. The van der Waals surface area contributed by atoms with Gasteiger partial charge in [0, 0.05) is 10.6 Å². The van der Waals surface area contributed by atoms with E-state index >= 15 is 0 Å². The predicted octanol–water partition coefficient (Wildman–Crippen LogP) is 4.09. The van der Waals surface area contributed by atoms with Gasteiger partial charge in [0.15, 0.2) is 6.10 Å². The number of ether oxygens (including phenoxy) is 1. The molecule has 0 amide bonds. The Bertz CT molecular complexity index is 692. The van der Waals surface area contributed by atoms with E-state index in [0.717, 1.165) is 16.9 Å². The van der Waals surface area contributed by atoms with E-state index < -0.39 is 6.10 Å². The van der Waals surface area contributed by atoms with Crippen LogP contribution in [-0.2, 0) is 6.61 Å². The fourth-order valence-electron chi connectivity index (χ4n) is 2.10. The highest BCUT2D eigenvalue weighted by Crippen LogP contribution is 2.28. The molecule has 0 aliphatic carbocycles. The third-order valence-electron chi connectivity index (χ3n) is 3.27. The Balaban J connectivity index is 2.27. The van der Waals surface area contributed by atoms with E-state index in [4.69, 9.17) is 21.6 Å². The van der Waals surface area contributed by atoms with Crippen molar-refractivity contribution < 1.29 is 9.84 Å². The molecule has 2 aromatic carbocycles. The molecular formula is C17H16ClNO2. The largest absolute Gasteiger partial charge is 0.489 e. The number of halogens is 1. The molecule has 0 aliphatic heterocycles.